The topological polar surface area (TPSA) is 72.9 Å². The summed E-state index contributed by atoms with van der Waals surface area (Å²) in [6.07, 6.45) is 3.56. The summed E-state index contributed by atoms with van der Waals surface area (Å²) in [7, 11) is 0. The molecule has 1 amide bonds. The van der Waals surface area contributed by atoms with E-state index in [4.69, 9.17) is 5.73 Å². The van der Waals surface area contributed by atoms with Gasteiger partial charge in [0.15, 0.2) is 0 Å². The van der Waals surface area contributed by atoms with Crippen molar-refractivity contribution in [3.8, 4) is 0 Å². The highest BCUT2D eigenvalue weighted by Crippen LogP contribution is 2.10. The number of aromatic nitrogens is 2. The minimum absolute atomic E-state index is 0. The van der Waals surface area contributed by atoms with Crippen LogP contribution >= 0.6 is 12.4 Å². The Morgan fingerprint density at radius 3 is 2.56 bits per heavy atom. The van der Waals surface area contributed by atoms with Gasteiger partial charge in [0, 0.05) is 25.0 Å². The second kappa shape index (κ2) is 7.38. The van der Waals surface area contributed by atoms with Crippen molar-refractivity contribution in [2.75, 3.05) is 5.32 Å². The summed E-state index contributed by atoms with van der Waals surface area (Å²) in [5, 5.41) is 2.81. The number of amides is 1. The molecule has 1 aromatic heterocycles. The van der Waals surface area contributed by atoms with Crippen LogP contribution in [0.2, 0.25) is 0 Å². The normalized spacial score (nSPS) is 13.9. The Morgan fingerprint density at radius 1 is 1.44 bits per heavy atom. The quantitative estimate of drug-likeness (QED) is 0.861. The summed E-state index contributed by atoms with van der Waals surface area (Å²) >= 11 is 0. The molecule has 0 radical (unpaired) electrons. The fourth-order valence-electron chi connectivity index (χ4n) is 1.44. The number of hydrogen-bond acceptors (Lipinski definition) is 3. The van der Waals surface area contributed by atoms with Crippen LogP contribution in [0.25, 0.3) is 0 Å². The van der Waals surface area contributed by atoms with Crippen LogP contribution in [0.4, 0.5) is 5.95 Å². The van der Waals surface area contributed by atoms with E-state index >= 15 is 0 Å². The second-order valence-electron chi connectivity index (χ2n) is 4.93. The largest absolute Gasteiger partial charge is 0.327 e. The SMILES string of the molecule is CC(C)Cn1ccnc1NC(=O)C(C)C(C)N.Cl. The monoisotopic (exact) mass is 274 g/mol. The van der Waals surface area contributed by atoms with Gasteiger partial charge in [-0.25, -0.2) is 4.98 Å². The zero-order valence-electron chi connectivity index (χ0n) is 11.4. The van der Waals surface area contributed by atoms with Crippen LogP contribution in [0.5, 0.6) is 0 Å². The van der Waals surface area contributed by atoms with Crippen molar-refractivity contribution in [1.29, 1.82) is 0 Å². The number of hydrogen-bond donors (Lipinski definition) is 2. The van der Waals surface area contributed by atoms with E-state index in [-0.39, 0.29) is 30.3 Å². The van der Waals surface area contributed by atoms with Gasteiger partial charge in [0.1, 0.15) is 0 Å². The molecule has 6 heteroatoms. The molecule has 5 nitrogen and oxygen atoms in total. The lowest BCUT2D eigenvalue weighted by atomic mass is 10.0. The summed E-state index contributed by atoms with van der Waals surface area (Å²) < 4.78 is 1.94. The second-order valence-corrected chi connectivity index (χ2v) is 4.93. The van der Waals surface area contributed by atoms with Crippen LogP contribution in [-0.2, 0) is 11.3 Å². The molecule has 2 unspecified atom stereocenters. The number of nitrogens with zero attached hydrogens (tertiary/aromatic N) is 2. The van der Waals surface area contributed by atoms with Crippen LogP contribution in [0, 0.1) is 11.8 Å². The van der Waals surface area contributed by atoms with E-state index < -0.39 is 0 Å². The fraction of sp³-hybridized carbons (Fsp3) is 0.667. The first kappa shape index (κ1) is 16.9. The van der Waals surface area contributed by atoms with Crippen LogP contribution in [-0.4, -0.2) is 21.5 Å². The Hall–Kier alpha value is -1.07. The van der Waals surface area contributed by atoms with Crippen LogP contribution < -0.4 is 11.1 Å². The van der Waals surface area contributed by atoms with Crippen LogP contribution in [0.3, 0.4) is 0 Å². The lowest BCUT2D eigenvalue weighted by molar-refractivity contribution is -0.119. The van der Waals surface area contributed by atoms with Crippen molar-refractivity contribution < 1.29 is 4.79 Å². The highest BCUT2D eigenvalue weighted by Gasteiger charge is 2.18. The minimum atomic E-state index is -0.223. The molecule has 0 bridgehead atoms. The highest BCUT2D eigenvalue weighted by atomic mass is 35.5. The van der Waals surface area contributed by atoms with E-state index in [9.17, 15) is 4.79 Å². The van der Waals surface area contributed by atoms with Crippen molar-refractivity contribution >= 4 is 24.3 Å². The summed E-state index contributed by atoms with van der Waals surface area (Å²) in [4.78, 5) is 16.0. The molecular weight excluding hydrogens is 252 g/mol. The molecule has 0 spiro atoms. The highest BCUT2D eigenvalue weighted by molar-refractivity contribution is 5.91. The molecule has 1 aromatic rings. The average molecular weight is 275 g/mol. The van der Waals surface area contributed by atoms with Gasteiger partial charge in [-0.2, -0.15) is 0 Å². The molecule has 0 aliphatic heterocycles. The zero-order chi connectivity index (χ0) is 13.0. The van der Waals surface area contributed by atoms with E-state index in [1.54, 1.807) is 6.20 Å². The van der Waals surface area contributed by atoms with Crippen LogP contribution in [0.15, 0.2) is 12.4 Å². The third-order valence-electron chi connectivity index (χ3n) is 2.71. The van der Waals surface area contributed by atoms with E-state index in [2.05, 4.69) is 24.1 Å². The number of rotatable bonds is 5. The van der Waals surface area contributed by atoms with Gasteiger partial charge in [0.05, 0.1) is 5.92 Å². The smallest absolute Gasteiger partial charge is 0.231 e. The number of nitrogens with one attached hydrogen (secondary N) is 1. The number of nitrogens with two attached hydrogens (primary N) is 1. The number of anilines is 1. The summed E-state index contributed by atoms with van der Waals surface area (Å²) in [5.74, 6) is 0.789. The lowest BCUT2D eigenvalue weighted by Crippen LogP contribution is -2.35. The molecule has 0 saturated heterocycles. The fourth-order valence-corrected chi connectivity index (χ4v) is 1.44. The first-order chi connectivity index (χ1) is 7.91. The predicted molar refractivity (Wildman–Crippen MR) is 75.8 cm³/mol. The molecule has 2 atom stereocenters. The van der Waals surface area contributed by atoms with Crippen LogP contribution in [0.1, 0.15) is 27.7 Å². The van der Waals surface area contributed by atoms with Gasteiger partial charge >= 0.3 is 0 Å². The number of halogens is 1. The van der Waals surface area contributed by atoms with Gasteiger partial charge in [0.25, 0.3) is 0 Å². The van der Waals surface area contributed by atoms with Crippen molar-refractivity contribution in [2.24, 2.45) is 17.6 Å². The van der Waals surface area contributed by atoms with E-state index in [0.29, 0.717) is 11.9 Å². The Balaban J connectivity index is 0.00000289. The molecule has 0 aromatic carbocycles. The molecule has 104 valence electrons. The van der Waals surface area contributed by atoms with Gasteiger partial charge in [-0.1, -0.05) is 20.8 Å². The maximum atomic E-state index is 11.8. The first-order valence-electron chi connectivity index (χ1n) is 5.99. The van der Waals surface area contributed by atoms with Crippen molar-refractivity contribution in [2.45, 2.75) is 40.3 Å². The summed E-state index contributed by atoms with van der Waals surface area (Å²) in [6, 6.07) is -0.163. The van der Waals surface area contributed by atoms with Gasteiger partial charge in [-0.15, -0.1) is 12.4 Å². The Morgan fingerprint density at radius 2 is 2.06 bits per heavy atom. The van der Waals surface area contributed by atoms with E-state index in [1.807, 2.05) is 24.6 Å². The molecule has 0 saturated carbocycles. The van der Waals surface area contributed by atoms with Crippen molar-refractivity contribution in [1.82, 2.24) is 9.55 Å². The first-order valence-corrected chi connectivity index (χ1v) is 5.99. The number of carbonyl (C=O) groups excluding carboxylic acids is 1. The Labute approximate surface area is 115 Å². The molecular formula is C12H23ClN4O. The van der Waals surface area contributed by atoms with Gasteiger partial charge in [-0.3, -0.25) is 10.1 Å². The molecule has 0 fully saturated rings. The van der Waals surface area contributed by atoms with Crippen molar-refractivity contribution in [3.05, 3.63) is 12.4 Å². The molecule has 0 aliphatic rings. The maximum absolute atomic E-state index is 11.8. The number of carbonyl (C=O) groups is 1. The Kier molecular flexibility index (Phi) is 6.94. The third kappa shape index (κ3) is 4.66. The van der Waals surface area contributed by atoms with Gasteiger partial charge in [-0.05, 0) is 12.8 Å². The molecule has 18 heavy (non-hydrogen) atoms. The van der Waals surface area contributed by atoms with Gasteiger partial charge in [0.2, 0.25) is 11.9 Å². The molecule has 1 heterocycles. The van der Waals surface area contributed by atoms with Crippen molar-refractivity contribution in [3.63, 3.8) is 0 Å². The zero-order valence-corrected chi connectivity index (χ0v) is 12.2. The molecule has 1 rings (SSSR count). The minimum Gasteiger partial charge on any atom is -0.327 e. The lowest BCUT2D eigenvalue weighted by Gasteiger charge is -2.16. The van der Waals surface area contributed by atoms with E-state index in [1.165, 1.54) is 0 Å². The maximum Gasteiger partial charge on any atom is 0.231 e. The number of imidazole rings is 1. The molecule has 0 aliphatic carbocycles. The van der Waals surface area contributed by atoms with Gasteiger partial charge < -0.3 is 10.3 Å². The Bertz CT molecular complexity index is 376. The summed E-state index contributed by atoms with van der Waals surface area (Å²) in [6.45, 7) is 8.72. The predicted octanol–water partition coefficient (Wildman–Crippen LogP) is 1.88. The third-order valence-corrected chi connectivity index (χ3v) is 2.71. The van der Waals surface area contributed by atoms with E-state index in [0.717, 1.165) is 6.54 Å². The summed E-state index contributed by atoms with van der Waals surface area (Å²) in [5.41, 5.74) is 5.70. The molecule has 3 N–H and O–H groups in total. The average Bonchev–Trinajstić information content (AvgIpc) is 2.63. The standard InChI is InChI=1S/C12H22N4O.ClH/c1-8(2)7-16-6-5-14-12(16)15-11(17)9(3)10(4)13;/h5-6,8-10H,7,13H2,1-4H3,(H,14,15,17);1H.